The molecule has 0 amide bonds. The van der Waals surface area contributed by atoms with Crippen LogP contribution in [0.25, 0.3) is 0 Å². The summed E-state index contributed by atoms with van der Waals surface area (Å²) in [6.07, 6.45) is -4.54. The van der Waals surface area contributed by atoms with Gasteiger partial charge in [0.15, 0.2) is 0 Å². The Morgan fingerprint density at radius 2 is 2.00 bits per heavy atom. The van der Waals surface area contributed by atoms with Crippen molar-refractivity contribution in [1.29, 1.82) is 5.26 Å². The zero-order chi connectivity index (χ0) is 11.6. The van der Waals surface area contributed by atoms with Crippen LogP contribution in [0.5, 0.6) is 5.75 Å². The maximum atomic E-state index is 12.5. The molecule has 0 aliphatic rings. The van der Waals surface area contributed by atoms with Crippen LogP contribution < -0.4 is 4.74 Å². The van der Waals surface area contributed by atoms with Crippen molar-refractivity contribution < 1.29 is 17.9 Å². The van der Waals surface area contributed by atoms with Crippen LogP contribution in [0.2, 0.25) is 0 Å². The summed E-state index contributed by atoms with van der Waals surface area (Å²) < 4.78 is 42.3. The Morgan fingerprint density at radius 1 is 1.40 bits per heavy atom. The van der Waals surface area contributed by atoms with Crippen LogP contribution in [0.3, 0.4) is 0 Å². The highest BCUT2D eigenvalue weighted by Gasteiger charge is 2.35. The average molecular weight is 280 g/mol. The molecule has 0 unspecified atom stereocenters. The Bertz CT molecular complexity index is 423. The molecule has 1 rings (SSSR count). The van der Waals surface area contributed by atoms with Crippen molar-refractivity contribution in [3.63, 3.8) is 0 Å². The third kappa shape index (κ3) is 2.42. The van der Waals surface area contributed by atoms with E-state index in [1.165, 1.54) is 6.07 Å². The molecule has 2 nitrogen and oxygen atoms in total. The maximum Gasteiger partial charge on any atom is 0.420 e. The highest BCUT2D eigenvalue weighted by atomic mass is 79.9. The van der Waals surface area contributed by atoms with Gasteiger partial charge in [0, 0.05) is 4.47 Å². The summed E-state index contributed by atoms with van der Waals surface area (Å²) in [7, 11) is 1.10. The van der Waals surface area contributed by atoms with E-state index in [-0.39, 0.29) is 10.0 Å². The fourth-order valence-electron chi connectivity index (χ4n) is 1.11. The minimum absolute atomic E-state index is 0.154. The third-order valence-electron chi connectivity index (χ3n) is 1.68. The number of methoxy groups -OCH3 is 1. The number of hydrogen-bond acceptors (Lipinski definition) is 2. The highest BCUT2D eigenvalue weighted by Crippen LogP contribution is 2.39. The van der Waals surface area contributed by atoms with Crippen LogP contribution >= 0.6 is 15.9 Å². The van der Waals surface area contributed by atoms with Gasteiger partial charge in [-0.15, -0.1) is 0 Å². The van der Waals surface area contributed by atoms with E-state index >= 15 is 0 Å². The number of alkyl halides is 3. The zero-order valence-electron chi connectivity index (χ0n) is 7.52. The number of nitrogens with zero attached hydrogens (tertiary/aromatic N) is 1. The number of hydrogen-bond donors (Lipinski definition) is 0. The van der Waals surface area contributed by atoms with E-state index in [2.05, 4.69) is 20.7 Å². The molecule has 0 saturated carbocycles. The van der Waals surface area contributed by atoms with Crippen LogP contribution in [0.4, 0.5) is 13.2 Å². The van der Waals surface area contributed by atoms with E-state index in [1.807, 2.05) is 0 Å². The van der Waals surface area contributed by atoms with Gasteiger partial charge in [-0.3, -0.25) is 0 Å². The Labute approximate surface area is 92.4 Å². The van der Waals surface area contributed by atoms with Gasteiger partial charge >= 0.3 is 6.18 Å². The molecule has 0 aliphatic heterocycles. The molecule has 6 heteroatoms. The molecule has 0 fully saturated rings. The second kappa shape index (κ2) is 4.11. The molecule has 0 atom stereocenters. The smallest absolute Gasteiger partial charge is 0.420 e. The summed E-state index contributed by atoms with van der Waals surface area (Å²) in [5.74, 6) is -0.451. The van der Waals surface area contributed by atoms with E-state index in [0.29, 0.717) is 0 Å². The largest absolute Gasteiger partial charge is 0.495 e. The molecule has 0 heterocycles. The second-order valence-corrected chi connectivity index (χ2v) is 3.56. The number of benzene rings is 1. The van der Waals surface area contributed by atoms with Gasteiger partial charge in [-0.2, -0.15) is 18.4 Å². The first kappa shape index (κ1) is 11.9. The van der Waals surface area contributed by atoms with Crippen LogP contribution in [0, 0.1) is 11.3 Å². The number of halogens is 4. The molecule has 0 spiro atoms. The monoisotopic (exact) mass is 279 g/mol. The predicted octanol–water partition coefficient (Wildman–Crippen LogP) is 3.35. The van der Waals surface area contributed by atoms with Crippen LogP contribution in [0.15, 0.2) is 16.6 Å². The van der Waals surface area contributed by atoms with Gasteiger partial charge < -0.3 is 4.74 Å². The first-order chi connectivity index (χ1) is 6.90. The summed E-state index contributed by atoms with van der Waals surface area (Å²) in [4.78, 5) is 0. The summed E-state index contributed by atoms with van der Waals surface area (Å²) in [5, 5.41) is 8.65. The van der Waals surface area contributed by atoms with Crippen LogP contribution in [-0.4, -0.2) is 7.11 Å². The highest BCUT2D eigenvalue weighted by molar-refractivity contribution is 9.10. The first-order valence-corrected chi connectivity index (χ1v) is 4.54. The third-order valence-corrected chi connectivity index (χ3v) is 2.14. The van der Waals surface area contributed by atoms with Crippen LogP contribution in [0.1, 0.15) is 11.1 Å². The molecule has 15 heavy (non-hydrogen) atoms. The molecule has 1 aromatic carbocycles. The van der Waals surface area contributed by atoms with Crippen molar-refractivity contribution in [3.05, 3.63) is 27.7 Å². The standard InChI is InChI=1S/C9H5BrF3NO/c1-15-8-5(4-14)2-6(10)3-7(8)9(11,12)13/h2-3H,1H3. The lowest BCUT2D eigenvalue weighted by molar-refractivity contribution is -0.138. The van der Waals surface area contributed by atoms with Gasteiger partial charge in [0.05, 0.1) is 18.2 Å². The molecule has 0 radical (unpaired) electrons. The van der Waals surface area contributed by atoms with Crippen molar-refractivity contribution in [1.82, 2.24) is 0 Å². The predicted molar refractivity (Wildman–Crippen MR) is 50.4 cm³/mol. The fourth-order valence-corrected chi connectivity index (χ4v) is 1.56. The Balaban J connectivity index is 3.51. The molecular weight excluding hydrogens is 275 g/mol. The van der Waals surface area contributed by atoms with Gasteiger partial charge in [-0.25, -0.2) is 0 Å². The van der Waals surface area contributed by atoms with Gasteiger partial charge in [0.2, 0.25) is 0 Å². The maximum absolute atomic E-state index is 12.5. The second-order valence-electron chi connectivity index (χ2n) is 2.64. The van der Waals surface area contributed by atoms with E-state index < -0.39 is 17.5 Å². The average Bonchev–Trinajstić information content (AvgIpc) is 2.15. The van der Waals surface area contributed by atoms with Crippen LogP contribution in [-0.2, 0) is 6.18 Å². The normalized spacial score (nSPS) is 10.9. The summed E-state index contributed by atoms with van der Waals surface area (Å²) in [6.45, 7) is 0. The summed E-state index contributed by atoms with van der Waals surface area (Å²) >= 11 is 2.90. The van der Waals surface area contributed by atoms with E-state index in [9.17, 15) is 13.2 Å². The van der Waals surface area contributed by atoms with Gasteiger partial charge in [-0.1, -0.05) is 15.9 Å². The minimum atomic E-state index is -4.54. The Morgan fingerprint density at radius 3 is 2.40 bits per heavy atom. The van der Waals surface area contributed by atoms with E-state index in [0.717, 1.165) is 13.2 Å². The van der Waals surface area contributed by atoms with E-state index in [4.69, 9.17) is 5.26 Å². The molecular formula is C9H5BrF3NO. The van der Waals surface area contributed by atoms with Crippen molar-refractivity contribution in [2.75, 3.05) is 7.11 Å². The first-order valence-electron chi connectivity index (χ1n) is 3.75. The number of nitriles is 1. The molecule has 80 valence electrons. The van der Waals surface area contributed by atoms with Crippen molar-refractivity contribution in [3.8, 4) is 11.8 Å². The quantitative estimate of drug-likeness (QED) is 0.790. The summed E-state index contributed by atoms with van der Waals surface area (Å²) in [5.41, 5.74) is -1.12. The Kier molecular flexibility index (Phi) is 3.25. The minimum Gasteiger partial charge on any atom is -0.495 e. The van der Waals surface area contributed by atoms with Crippen molar-refractivity contribution in [2.45, 2.75) is 6.18 Å². The lowest BCUT2D eigenvalue weighted by Crippen LogP contribution is -2.08. The lowest BCUT2D eigenvalue weighted by atomic mass is 10.1. The zero-order valence-corrected chi connectivity index (χ0v) is 9.11. The Hall–Kier alpha value is -1.22. The fraction of sp³-hybridized carbons (Fsp3) is 0.222. The van der Waals surface area contributed by atoms with Crippen molar-refractivity contribution in [2.24, 2.45) is 0 Å². The van der Waals surface area contributed by atoms with Crippen molar-refractivity contribution >= 4 is 15.9 Å². The van der Waals surface area contributed by atoms with Gasteiger partial charge in [0.1, 0.15) is 11.8 Å². The van der Waals surface area contributed by atoms with E-state index in [1.54, 1.807) is 6.07 Å². The van der Waals surface area contributed by atoms with Gasteiger partial charge in [0.25, 0.3) is 0 Å². The molecule has 0 saturated heterocycles. The topological polar surface area (TPSA) is 33.0 Å². The lowest BCUT2D eigenvalue weighted by Gasteiger charge is -2.13. The molecule has 0 bridgehead atoms. The number of rotatable bonds is 1. The molecule has 1 aromatic rings. The van der Waals surface area contributed by atoms with Gasteiger partial charge in [-0.05, 0) is 12.1 Å². The molecule has 0 aromatic heterocycles. The SMILES string of the molecule is COc1c(C#N)cc(Br)cc1C(F)(F)F. The molecule has 0 N–H and O–H groups in total. The summed E-state index contributed by atoms with van der Waals surface area (Å²) in [6, 6.07) is 3.79. The number of ether oxygens (including phenoxy) is 1. The molecule has 0 aliphatic carbocycles.